The van der Waals surface area contributed by atoms with Crippen molar-refractivity contribution in [2.75, 3.05) is 0 Å². The molecule has 7 atom stereocenters. The van der Waals surface area contributed by atoms with E-state index in [9.17, 15) is 5.11 Å². The monoisotopic (exact) mass is 352 g/mol. The van der Waals surface area contributed by atoms with Crippen LogP contribution in [0.3, 0.4) is 0 Å². The minimum absolute atomic E-state index is 0.119. The number of nitrogens with zero attached hydrogens (tertiary/aromatic N) is 1. The summed E-state index contributed by atoms with van der Waals surface area (Å²) in [5, 5.41) is 10.2. The maximum Gasteiger partial charge on any atom is 0.0927 e. The number of aromatic nitrogens is 2. The normalized spacial score (nSPS) is 47.5. The SMILES string of the molecule is C[C@@H]1C=C2CC(O)CC[C@]2(C)[C@H]2CC[C@]3(C)C(c4c[nH]cn4)=CC[C@H]3[C@H]12. The zero-order valence-corrected chi connectivity index (χ0v) is 16.3. The molecule has 1 aromatic rings. The molecule has 4 aliphatic rings. The van der Waals surface area contributed by atoms with Crippen LogP contribution in [0.2, 0.25) is 0 Å². The van der Waals surface area contributed by atoms with E-state index in [4.69, 9.17) is 0 Å². The minimum Gasteiger partial charge on any atom is -0.393 e. The molecule has 0 bridgehead atoms. The Hall–Kier alpha value is -1.35. The van der Waals surface area contributed by atoms with Gasteiger partial charge in [-0.2, -0.15) is 0 Å². The van der Waals surface area contributed by atoms with Gasteiger partial charge in [-0.15, -0.1) is 0 Å². The van der Waals surface area contributed by atoms with Gasteiger partial charge < -0.3 is 10.1 Å². The highest BCUT2D eigenvalue weighted by molar-refractivity contribution is 5.70. The van der Waals surface area contributed by atoms with Gasteiger partial charge in [0.25, 0.3) is 0 Å². The Morgan fingerprint density at radius 3 is 2.73 bits per heavy atom. The van der Waals surface area contributed by atoms with E-state index in [-0.39, 0.29) is 11.5 Å². The number of fused-ring (bicyclic) bond motifs is 5. The summed E-state index contributed by atoms with van der Waals surface area (Å²) in [5.41, 5.74) is 4.77. The molecular weight excluding hydrogens is 320 g/mol. The van der Waals surface area contributed by atoms with E-state index in [2.05, 4.69) is 49.1 Å². The molecule has 140 valence electrons. The van der Waals surface area contributed by atoms with Crippen LogP contribution in [0.5, 0.6) is 0 Å². The van der Waals surface area contributed by atoms with Gasteiger partial charge in [-0.05, 0) is 78.6 Å². The molecule has 26 heavy (non-hydrogen) atoms. The number of hydrogen-bond donors (Lipinski definition) is 2. The lowest BCUT2D eigenvalue weighted by atomic mass is 9.45. The Kier molecular flexibility index (Phi) is 3.60. The van der Waals surface area contributed by atoms with Gasteiger partial charge >= 0.3 is 0 Å². The molecule has 5 rings (SSSR count). The fraction of sp³-hybridized carbons (Fsp3) is 0.696. The first kappa shape index (κ1) is 16.8. The second-order valence-corrected chi connectivity index (χ2v) is 9.92. The van der Waals surface area contributed by atoms with Crippen LogP contribution in [0.25, 0.3) is 5.57 Å². The second-order valence-electron chi connectivity index (χ2n) is 9.92. The van der Waals surface area contributed by atoms with Crippen molar-refractivity contribution in [2.24, 2.45) is 34.5 Å². The third-order valence-electron chi connectivity index (χ3n) is 8.76. The first-order valence-electron chi connectivity index (χ1n) is 10.5. The highest BCUT2D eigenvalue weighted by Crippen LogP contribution is 2.67. The van der Waals surface area contributed by atoms with E-state index in [0.717, 1.165) is 42.7 Å². The number of aromatic amines is 1. The Morgan fingerprint density at radius 2 is 1.96 bits per heavy atom. The number of H-pyrrole nitrogens is 1. The summed E-state index contributed by atoms with van der Waals surface area (Å²) in [4.78, 5) is 7.73. The van der Waals surface area contributed by atoms with Gasteiger partial charge in [-0.3, -0.25) is 0 Å². The average Bonchev–Trinajstić information content (AvgIpc) is 3.23. The number of allylic oxidation sites excluding steroid dienone is 3. The van der Waals surface area contributed by atoms with Crippen LogP contribution in [0.15, 0.2) is 30.2 Å². The van der Waals surface area contributed by atoms with E-state index >= 15 is 0 Å². The molecule has 2 saturated carbocycles. The summed E-state index contributed by atoms with van der Waals surface area (Å²) < 4.78 is 0. The molecule has 1 aromatic heterocycles. The number of imidazole rings is 1. The Balaban J connectivity index is 1.52. The Bertz CT molecular complexity index is 763. The highest BCUT2D eigenvalue weighted by Gasteiger charge is 2.58. The fourth-order valence-electron chi connectivity index (χ4n) is 7.38. The molecule has 0 aliphatic heterocycles. The largest absolute Gasteiger partial charge is 0.393 e. The smallest absolute Gasteiger partial charge is 0.0927 e. The van der Waals surface area contributed by atoms with Crippen LogP contribution in [0.4, 0.5) is 0 Å². The zero-order chi connectivity index (χ0) is 18.1. The lowest BCUT2D eigenvalue weighted by molar-refractivity contribution is -0.0426. The molecule has 2 fully saturated rings. The molecule has 1 unspecified atom stereocenters. The third kappa shape index (κ3) is 2.13. The van der Waals surface area contributed by atoms with Crippen LogP contribution < -0.4 is 0 Å². The van der Waals surface area contributed by atoms with Gasteiger partial charge in [0.05, 0.1) is 18.1 Å². The maximum atomic E-state index is 10.2. The van der Waals surface area contributed by atoms with Crippen LogP contribution in [-0.4, -0.2) is 21.2 Å². The first-order chi connectivity index (χ1) is 12.4. The maximum absolute atomic E-state index is 10.2. The van der Waals surface area contributed by atoms with Crippen molar-refractivity contribution in [3.8, 4) is 0 Å². The van der Waals surface area contributed by atoms with Crippen molar-refractivity contribution in [3.63, 3.8) is 0 Å². The lowest BCUT2D eigenvalue weighted by Gasteiger charge is -2.59. The van der Waals surface area contributed by atoms with Crippen molar-refractivity contribution < 1.29 is 5.11 Å². The minimum atomic E-state index is -0.119. The van der Waals surface area contributed by atoms with E-state index in [1.54, 1.807) is 5.57 Å². The van der Waals surface area contributed by atoms with Crippen LogP contribution in [0, 0.1) is 34.5 Å². The molecule has 3 heteroatoms. The van der Waals surface area contributed by atoms with Crippen molar-refractivity contribution in [1.82, 2.24) is 9.97 Å². The fourth-order valence-corrected chi connectivity index (χ4v) is 7.38. The Morgan fingerprint density at radius 1 is 1.15 bits per heavy atom. The van der Waals surface area contributed by atoms with Crippen molar-refractivity contribution in [3.05, 3.63) is 35.9 Å². The summed E-state index contributed by atoms with van der Waals surface area (Å²) in [6.07, 6.45) is 15.6. The number of aliphatic hydroxyl groups is 1. The number of aliphatic hydroxyl groups excluding tert-OH is 1. The summed E-state index contributed by atoms with van der Waals surface area (Å²) >= 11 is 0. The van der Waals surface area contributed by atoms with Crippen LogP contribution >= 0.6 is 0 Å². The molecule has 0 aromatic carbocycles. The molecular formula is C23H32N2O. The second kappa shape index (κ2) is 5.58. The van der Waals surface area contributed by atoms with Crippen molar-refractivity contribution >= 4 is 5.57 Å². The third-order valence-corrected chi connectivity index (χ3v) is 8.76. The van der Waals surface area contributed by atoms with E-state index in [1.807, 2.05) is 6.33 Å². The topological polar surface area (TPSA) is 48.9 Å². The van der Waals surface area contributed by atoms with Gasteiger partial charge in [0.1, 0.15) is 0 Å². The quantitative estimate of drug-likeness (QED) is 0.701. The zero-order valence-electron chi connectivity index (χ0n) is 16.3. The van der Waals surface area contributed by atoms with Gasteiger partial charge in [-0.1, -0.05) is 38.5 Å². The molecule has 3 nitrogen and oxygen atoms in total. The van der Waals surface area contributed by atoms with Crippen molar-refractivity contribution in [1.29, 1.82) is 0 Å². The number of nitrogens with one attached hydrogen (secondary N) is 1. The molecule has 0 saturated heterocycles. The van der Waals surface area contributed by atoms with Crippen LogP contribution in [-0.2, 0) is 0 Å². The van der Waals surface area contributed by atoms with Gasteiger partial charge in [0, 0.05) is 6.20 Å². The predicted molar refractivity (Wildman–Crippen MR) is 104 cm³/mol. The lowest BCUT2D eigenvalue weighted by Crippen LogP contribution is -2.52. The summed E-state index contributed by atoms with van der Waals surface area (Å²) in [7, 11) is 0. The van der Waals surface area contributed by atoms with Crippen LogP contribution in [0.1, 0.15) is 65.0 Å². The molecule has 2 N–H and O–H groups in total. The molecule has 0 spiro atoms. The van der Waals surface area contributed by atoms with Crippen molar-refractivity contribution in [2.45, 2.75) is 65.4 Å². The molecule has 0 amide bonds. The summed E-state index contributed by atoms with van der Waals surface area (Å²) in [6.45, 7) is 7.44. The summed E-state index contributed by atoms with van der Waals surface area (Å²) in [5.74, 6) is 2.87. The molecule has 0 radical (unpaired) electrons. The molecule has 1 heterocycles. The van der Waals surface area contributed by atoms with Gasteiger partial charge in [-0.25, -0.2) is 4.98 Å². The number of rotatable bonds is 1. The van der Waals surface area contributed by atoms with Gasteiger partial charge in [0.2, 0.25) is 0 Å². The average molecular weight is 353 g/mol. The first-order valence-corrected chi connectivity index (χ1v) is 10.5. The van der Waals surface area contributed by atoms with Gasteiger partial charge in [0.15, 0.2) is 0 Å². The number of hydrogen-bond acceptors (Lipinski definition) is 2. The Labute approximate surface area is 157 Å². The standard InChI is InChI=1S/C23H32N2O/c1-14-10-15-11-16(26)6-8-22(15,2)19-7-9-23(3)17(20-12-24-13-25-20)4-5-18(23)21(14)19/h4,10,12-14,16,18-19,21,26H,5-9,11H2,1-3H3,(H,24,25)/t14-,16?,18+,19+,21+,22+,23-/m1/s1. The predicted octanol–water partition coefficient (Wildman–Crippen LogP) is 4.97. The highest BCUT2D eigenvalue weighted by atomic mass is 16.3. The molecule has 4 aliphatic carbocycles. The van der Waals surface area contributed by atoms with E-state index < -0.39 is 0 Å². The van der Waals surface area contributed by atoms with E-state index in [0.29, 0.717) is 11.3 Å². The van der Waals surface area contributed by atoms with E-state index in [1.165, 1.54) is 24.8 Å². The summed E-state index contributed by atoms with van der Waals surface area (Å²) in [6, 6.07) is 0.